The molecule has 0 fully saturated rings. The third-order valence-electron chi connectivity index (χ3n) is 3.03. The average molecular weight is 323 g/mol. The highest BCUT2D eigenvalue weighted by Gasteiger charge is 2.03. The lowest BCUT2D eigenvalue weighted by atomic mass is 10.2. The van der Waals surface area contributed by atoms with Gasteiger partial charge in [-0.15, -0.1) is 0 Å². The minimum atomic E-state index is -0.0701. The highest BCUT2D eigenvalue weighted by Crippen LogP contribution is 2.19. The Kier molecular flexibility index (Phi) is 5.48. The molecule has 0 spiro atoms. The number of anilines is 1. The molecule has 2 aromatic carbocycles. The van der Waals surface area contributed by atoms with Crippen LogP contribution in [0, 0.1) is 6.92 Å². The second kappa shape index (κ2) is 7.34. The van der Waals surface area contributed by atoms with Gasteiger partial charge in [-0.3, -0.25) is 4.79 Å². The Morgan fingerprint density at radius 1 is 1.05 bits per heavy atom. The molecule has 0 saturated carbocycles. The molecule has 5 heteroatoms. The van der Waals surface area contributed by atoms with Crippen LogP contribution in [-0.2, 0) is 11.3 Å². The number of carbonyl (C=O) groups excluding carboxylic acids is 1. The summed E-state index contributed by atoms with van der Waals surface area (Å²) in [5.74, 6) is -0.0701. The van der Waals surface area contributed by atoms with Gasteiger partial charge < -0.3 is 10.6 Å². The monoisotopic (exact) mass is 322 g/mol. The van der Waals surface area contributed by atoms with Crippen LogP contribution >= 0.6 is 23.2 Å². The van der Waals surface area contributed by atoms with Gasteiger partial charge in [-0.05, 0) is 48.4 Å². The molecule has 2 rings (SSSR count). The molecule has 0 atom stereocenters. The summed E-state index contributed by atoms with van der Waals surface area (Å²) in [6.45, 7) is 2.65. The van der Waals surface area contributed by atoms with Crippen molar-refractivity contribution in [2.45, 2.75) is 13.5 Å². The minimum absolute atomic E-state index is 0.0701. The van der Waals surface area contributed by atoms with Gasteiger partial charge >= 0.3 is 0 Å². The molecule has 0 bridgehead atoms. The smallest absolute Gasteiger partial charge is 0.239 e. The van der Waals surface area contributed by atoms with Crippen molar-refractivity contribution in [3.63, 3.8) is 0 Å². The van der Waals surface area contributed by atoms with Crippen molar-refractivity contribution >= 4 is 34.8 Å². The molecule has 0 unspecified atom stereocenters. The molecule has 110 valence electrons. The van der Waals surface area contributed by atoms with Gasteiger partial charge in [0.25, 0.3) is 0 Å². The van der Waals surface area contributed by atoms with E-state index in [0.717, 1.165) is 16.8 Å². The summed E-state index contributed by atoms with van der Waals surface area (Å²) in [6.07, 6.45) is 0. The average Bonchev–Trinajstić information content (AvgIpc) is 2.46. The maximum Gasteiger partial charge on any atom is 0.239 e. The SMILES string of the molecule is Cc1cc(Cl)ccc1NCC(=O)NCc1ccc(Cl)cc1. The molecule has 0 saturated heterocycles. The minimum Gasteiger partial charge on any atom is -0.376 e. The highest BCUT2D eigenvalue weighted by molar-refractivity contribution is 6.30. The second-order valence-corrected chi connectivity index (χ2v) is 5.59. The van der Waals surface area contributed by atoms with Crippen molar-refractivity contribution in [1.82, 2.24) is 5.32 Å². The first-order valence-corrected chi connectivity index (χ1v) is 7.31. The lowest BCUT2D eigenvalue weighted by Crippen LogP contribution is -2.29. The fourth-order valence-electron chi connectivity index (χ4n) is 1.87. The number of halogens is 2. The summed E-state index contributed by atoms with van der Waals surface area (Å²) in [5, 5.41) is 7.31. The van der Waals surface area contributed by atoms with Crippen molar-refractivity contribution in [2.24, 2.45) is 0 Å². The van der Waals surface area contributed by atoms with Crippen molar-refractivity contribution in [3.8, 4) is 0 Å². The molecule has 0 aliphatic rings. The van der Waals surface area contributed by atoms with E-state index in [-0.39, 0.29) is 12.5 Å². The van der Waals surface area contributed by atoms with Crippen molar-refractivity contribution in [1.29, 1.82) is 0 Å². The van der Waals surface area contributed by atoms with E-state index in [4.69, 9.17) is 23.2 Å². The Bertz CT molecular complexity index is 627. The number of rotatable bonds is 5. The Labute approximate surface area is 134 Å². The van der Waals surface area contributed by atoms with Gasteiger partial charge in [-0.2, -0.15) is 0 Å². The maximum atomic E-state index is 11.8. The molecule has 3 nitrogen and oxygen atoms in total. The summed E-state index contributed by atoms with van der Waals surface area (Å²) in [6, 6.07) is 12.9. The number of nitrogens with one attached hydrogen (secondary N) is 2. The van der Waals surface area contributed by atoms with E-state index in [1.807, 2.05) is 31.2 Å². The zero-order valence-electron chi connectivity index (χ0n) is 11.6. The first-order valence-electron chi connectivity index (χ1n) is 6.56. The Hall–Kier alpha value is -1.71. The largest absolute Gasteiger partial charge is 0.376 e. The van der Waals surface area contributed by atoms with Crippen LogP contribution in [0.3, 0.4) is 0 Å². The summed E-state index contributed by atoms with van der Waals surface area (Å²) in [7, 11) is 0. The van der Waals surface area contributed by atoms with Gasteiger partial charge in [0.1, 0.15) is 0 Å². The van der Waals surface area contributed by atoms with E-state index < -0.39 is 0 Å². The molecule has 2 aromatic rings. The van der Waals surface area contributed by atoms with Crippen LogP contribution in [0.25, 0.3) is 0 Å². The lowest BCUT2D eigenvalue weighted by molar-refractivity contribution is -0.119. The standard InChI is InChI=1S/C16H16Cl2N2O/c1-11-8-14(18)6-7-15(11)19-10-16(21)20-9-12-2-4-13(17)5-3-12/h2-8,19H,9-10H2,1H3,(H,20,21). The Morgan fingerprint density at radius 2 is 1.71 bits per heavy atom. The molecule has 0 heterocycles. The van der Waals surface area contributed by atoms with Crippen LogP contribution in [0.1, 0.15) is 11.1 Å². The van der Waals surface area contributed by atoms with Gasteiger partial charge in [-0.1, -0.05) is 35.3 Å². The number of amides is 1. The van der Waals surface area contributed by atoms with Crippen molar-refractivity contribution in [3.05, 3.63) is 63.6 Å². The van der Waals surface area contributed by atoms with Gasteiger partial charge in [0, 0.05) is 22.3 Å². The zero-order chi connectivity index (χ0) is 15.2. The number of aryl methyl sites for hydroxylation is 1. The van der Waals surface area contributed by atoms with E-state index in [1.54, 1.807) is 18.2 Å². The van der Waals surface area contributed by atoms with Crippen LogP contribution in [0.2, 0.25) is 10.0 Å². The molecule has 0 aliphatic carbocycles. The summed E-state index contributed by atoms with van der Waals surface area (Å²) in [5.41, 5.74) is 2.92. The van der Waals surface area contributed by atoms with Crippen molar-refractivity contribution in [2.75, 3.05) is 11.9 Å². The van der Waals surface area contributed by atoms with Gasteiger partial charge in [0.15, 0.2) is 0 Å². The lowest BCUT2D eigenvalue weighted by Gasteiger charge is -2.10. The molecule has 21 heavy (non-hydrogen) atoms. The van der Waals surface area contributed by atoms with E-state index in [2.05, 4.69) is 10.6 Å². The fourth-order valence-corrected chi connectivity index (χ4v) is 2.22. The Morgan fingerprint density at radius 3 is 2.38 bits per heavy atom. The van der Waals surface area contributed by atoms with Crippen LogP contribution < -0.4 is 10.6 Å². The summed E-state index contributed by atoms with van der Waals surface area (Å²) >= 11 is 11.7. The third-order valence-corrected chi connectivity index (χ3v) is 3.52. The van der Waals surface area contributed by atoms with Gasteiger partial charge in [0.05, 0.1) is 6.54 Å². The normalized spacial score (nSPS) is 10.2. The van der Waals surface area contributed by atoms with Crippen LogP contribution in [0.4, 0.5) is 5.69 Å². The van der Waals surface area contributed by atoms with E-state index >= 15 is 0 Å². The van der Waals surface area contributed by atoms with Crippen LogP contribution in [0.5, 0.6) is 0 Å². The van der Waals surface area contributed by atoms with Crippen LogP contribution in [0.15, 0.2) is 42.5 Å². The topological polar surface area (TPSA) is 41.1 Å². The number of carbonyl (C=O) groups is 1. The first-order chi connectivity index (χ1) is 10.0. The number of benzene rings is 2. The van der Waals surface area contributed by atoms with Gasteiger partial charge in [-0.25, -0.2) is 0 Å². The molecule has 2 N–H and O–H groups in total. The van der Waals surface area contributed by atoms with Crippen LogP contribution in [-0.4, -0.2) is 12.5 Å². The van der Waals surface area contributed by atoms with Crippen molar-refractivity contribution < 1.29 is 4.79 Å². The quantitative estimate of drug-likeness (QED) is 0.872. The molecule has 0 aliphatic heterocycles. The first kappa shape index (κ1) is 15.7. The van der Waals surface area contributed by atoms with E-state index in [0.29, 0.717) is 16.6 Å². The third kappa shape index (κ3) is 4.96. The second-order valence-electron chi connectivity index (χ2n) is 4.72. The molecule has 0 aromatic heterocycles. The predicted octanol–water partition coefficient (Wildman–Crippen LogP) is 4.03. The molecule has 1 amide bonds. The zero-order valence-corrected chi connectivity index (χ0v) is 13.1. The highest BCUT2D eigenvalue weighted by atomic mass is 35.5. The molecular formula is C16H16Cl2N2O. The summed E-state index contributed by atoms with van der Waals surface area (Å²) < 4.78 is 0. The predicted molar refractivity (Wildman–Crippen MR) is 88.0 cm³/mol. The summed E-state index contributed by atoms with van der Waals surface area (Å²) in [4.78, 5) is 11.8. The molecular weight excluding hydrogens is 307 g/mol. The van der Waals surface area contributed by atoms with Gasteiger partial charge in [0.2, 0.25) is 5.91 Å². The molecule has 0 radical (unpaired) electrons. The fraction of sp³-hybridized carbons (Fsp3) is 0.188. The van der Waals surface area contributed by atoms with E-state index in [1.165, 1.54) is 0 Å². The Balaban J connectivity index is 1.80. The van der Waals surface area contributed by atoms with E-state index in [9.17, 15) is 4.79 Å². The number of hydrogen-bond donors (Lipinski definition) is 2. The number of hydrogen-bond acceptors (Lipinski definition) is 2. The maximum absolute atomic E-state index is 11.8.